The van der Waals surface area contributed by atoms with Crippen molar-refractivity contribution in [1.82, 2.24) is 15.1 Å². The van der Waals surface area contributed by atoms with E-state index in [-0.39, 0.29) is 11.1 Å². The Balaban J connectivity index is 1.52. The number of aryl methyl sites for hydroxylation is 1. The third kappa shape index (κ3) is 6.70. The minimum absolute atomic E-state index is 0.0432. The van der Waals surface area contributed by atoms with Gasteiger partial charge < -0.3 is 15.2 Å². The van der Waals surface area contributed by atoms with Crippen molar-refractivity contribution in [3.8, 4) is 11.3 Å². The average Bonchev–Trinajstić information content (AvgIpc) is 3.25. The molecule has 4 aromatic rings. The van der Waals surface area contributed by atoms with Crippen molar-refractivity contribution < 1.29 is 37.4 Å². The lowest BCUT2D eigenvalue weighted by Crippen LogP contribution is -2.49. The van der Waals surface area contributed by atoms with Crippen LogP contribution >= 0.6 is 11.6 Å². The van der Waals surface area contributed by atoms with Gasteiger partial charge in [0, 0.05) is 28.8 Å². The van der Waals surface area contributed by atoms with Crippen LogP contribution in [0.3, 0.4) is 0 Å². The van der Waals surface area contributed by atoms with Gasteiger partial charge in [0.05, 0.1) is 16.9 Å². The summed E-state index contributed by atoms with van der Waals surface area (Å²) in [6.07, 6.45) is -5.97. The number of carbonyl (C=O) groups is 3. The number of aliphatic carboxylic acids is 1. The number of hydrogen-bond donors (Lipinski definition) is 3. The number of nitrogens with one attached hydrogen (secondary N) is 2. The molecule has 44 heavy (non-hydrogen) atoms. The van der Waals surface area contributed by atoms with Crippen LogP contribution in [0.4, 0.5) is 23.7 Å². The first-order chi connectivity index (χ1) is 20.6. The van der Waals surface area contributed by atoms with E-state index in [0.717, 1.165) is 24.3 Å². The van der Waals surface area contributed by atoms with E-state index in [2.05, 4.69) is 15.7 Å². The van der Waals surface area contributed by atoms with Crippen LogP contribution in [0.2, 0.25) is 5.02 Å². The number of aromatic nitrogens is 2. The number of halogens is 4. The maximum atomic E-state index is 13.1. The van der Waals surface area contributed by atoms with Crippen LogP contribution in [-0.4, -0.2) is 32.9 Å². The van der Waals surface area contributed by atoms with Crippen molar-refractivity contribution in [2.24, 2.45) is 7.05 Å². The number of carboxylic acid groups (broad SMARTS) is 1. The van der Waals surface area contributed by atoms with Gasteiger partial charge in [-0.05, 0) is 56.7 Å². The SMILES string of the molecule is Cc1c(NC(=O)OC(C)c2ccccc2Cl)c(-c2ccc(C(=O)NC(C)(C(=O)O)c3ccc(C(F)(F)F)cc3)cc2)nn1C. The van der Waals surface area contributed by atoms with Crippen molar-refractivity contribution in [1.29, 1.82) is 0 Å². The fourth-order valence-corrected chi connectivity index (χ4v) is 4.73. The summed E-state index contributed by atoms with van der Waals surface area (Å²) >= 11 is 6.21. The topological polar surface area (TPSA) is 123 Å². The molecule has 0 fully saturated rings. The Hall–Kier alpha value is -4.84. The molecule has 0 aliphatic carbocycles. The monoisotopic (exact) mass is 628 g/mol. The van der Waals surface area contributed by atoms with Crippen LogP contribution in [0.5, 0.6) is 0 Å². The third-order valence-corrected chi connectivity index (χ3v) is 7.53. The molecule has 3 N–H and O–H groups in total. The second-order valence-electron chi connectivity index (χ2n) is 10.2. The molecular formula is C31H28ClF3N4O5. The molecule has 0 aliphatic heterocycles. The van der Waals surface area contributed by atoms with Crippen LogP contribution in [-0.2, 0) is 28.3 Å². The molecule has 0 spiro atoms. The molecule has 0 aliphatic rings. The molecule has 1 heterocycles. The number of nitrogens with zero attached hydrogens (tertiary/aromatic N) is 2. The second-order valence-corrected chi connectivity index (χ2v) is 10.6. The van der Waals surface area contributed by atoms with Crippen molar-refractivity contribution in [3.63, 3.8) is 0 Å². The van der Waals surface area contributed by atoms with E-state index in [0.29, 0.717) is 33.2 Å². The van der Waals surface area contributed by atoms with Crippen LogP contribution in [0, 0.1) is 6.92 Å². The molecule has 3 aromatic carbocycles. The quantitative estimate of drug-likeness (QED) is 0.191. The molecule has 2 amide bonds. The van der Waals surface area contributed by atoms with Gasteiger partial charge in [-0.2, -0.15) is 18.3 Å². The van der Waals surface area contributed by atoms with Crippen LogP contribution in [0.15, 0.2) is 72.8 Å². The summed E-state index contributed by atoms with van der Waals surface area (Å²) < 4.78 is 46.0. The molecule has 0 saturated carbocycles. The van der Waals surface area contributed by atoms with Gasteiger partial charge in [0.2, 0.25) is 0 Å². The van der Waals surface area contributed by atoms with E-state index in [1.54, 1.807) is 62.0 Å². The lowest BCUT2D eigenvalue weighted by Gasteiger charge is -2.27. The zero-order valence-corrected chi connectivity index (χ0v) is 24.7. The standard InChI is InChI=1S/C31H28ClF3N4O5/c1-17-25(36-29(43)44-18(2)23-7-5-6-8-24(23)32)26(38-39(17)4)19-9-11-20(12-10-19)27(40)37-30(3,28(41)42)21-13-15-22(16-14-21)31(33,34)35/h5-16,18H,1-4H3,(H,36,43)(H,37,40)(H,41,42). The zero-order valence-electron chi connectivity index (χ0n) is 24.0. The molecule has 13 heteroatoms. The van der Waals surface area contributed by atoms with Crippen molar-refractivity contribution >= 4 is 35.3 Å². The Morgan fingerprint density at radius 3 is 2.14 bits per heavy atom. The Morgan fingerprint density at radius 2 is 1.57 bits per heavy atom. The van der Waals surface area contributed by atoms with Gasteiger partial charge in [-0.3, -0.25) is 14.8 Å². The number of benzene rings is 3. The summed E-state index contributed by atoms with van der Waals surface area (Å²) in [6, 6.07) is 16.5. The van der Waals surface area contributed by atoms with E-state index >= 15 is 0 Å². The van der Waals surface area contributed by atoms with Crippen molar-refractivity contribution in [3.05, 3.63) is 106 Å². The fraction of sp³-hybridized carbons (Fsp3) is 0.226. The highest BCUT2D eigenvalue weighted by Crippen LogP contribution is 2.33. The summed E-state index contributed by atoms with van der Waals surface area (Å²) in [5.41, 5.74) is -0.364. The van der Waals surface area contributed by atoms with E-state index < -0.39 is 41.4 Å². The first-order valence-corrected chi connectivity index (χ1v) is 13.6. The van der Waals surface area contributed by atoms with Crippen molar-refractivity contribution in [2.75, 3.05) is 5.32 Å². The highest BCUT2D eigenvalue weighted by molar-refractivity contribution is 6.31. The van der Waals surface area contributed by atoms with Crippen molar-refractivity contribution in [2.45, 2.75) is 38.6 Å². The predicted octanol–water partition coefficient (Wildman–Crippen LogP) is 7.11. The molecule has 0 bridgehead atoms. The van der Waals surface area contributed by atoms with Gasteiger partial charge in [-0.25, -0.2) is 9.59 Å². The number of anilines is 1. The second kappa shape index (κ2) is 12.4. The molecule has 1 aromatic heterocycles. The Morgan fingerprint density at radius 1 is 0.977 bits per heavy atom. The average molecular weight is 629 g/mol. The van der Waals surface area contributed by atoms with Gasteiger partial charge in [0.1, 0.15) is 11.8 Å². The number of amides is 2. The summed E-state index contributed by atoms with van der Waals surface area (Å²) in [4.78, 5) is 38.0. The van der Waals surface area contributed by atoms with Gasteiger partial charge >= 0.3 is 18.2 Å². The lowest BCUT2D eigenvalue weighted by atomic mass is 9.90. The molecular weight excluding hydrogens is 601 g/mol. The van der Waals surface area contributed by atoms with E-state index in [4.69, 9.17) is 16.3 Å². The Labute approximate surface area is 255 Å². The lowest BCUT2D eigenvalue weighted by molar-refractivity contribution is -0.144. The number of rotatable bonds is 8. The number of carbonyl (C=O) groups excluding carboxylic acids is 2. The predicted molar refractivity (Wildman–Crippen MR) is 157 cm³/mol. The molecule has 2 atom stereocenters. The Kier molecular flexibility index (Phi) is 9.05. The summed E-state index contributed by atoms with van der Waals surface area (Å²) in [5, 5.41) is 19.9. The van der Waals surface area contributed by atoms with Gasteiger partial charge in [0.25, 0.3) is 5.91 Å². The summed E-state index contributed by atoms with van der Waals surface area (Å²) in [6.45, 7) is 4.62. The van der Waals surface area contributed by atoms with Crippen LogP contribution < -0.4 is 10.6 Å². The molecule has 0 saturated heterocycles. The van der Waals surface area contributed by atoms with Crippen LogP contribution in [0.1, 0.15) is 52.7 Å². The van der Waals surface area contributed by atoms with E-state index in [1.807, 2.05) is 0 Å². The Bertz CT molecular complexity index is 1700. The minimum atomic E-state index is -4.60. The number of hydrogen-bond acceptors (Lipinski definition) is 5. The number of carboxylic acids is 1. The highest BCUT2D eigenvalue weighted by Gasteiger charge is 2.38. The van der Waals surface area contributed by atoms with E-state index in [1.165, 1.54) is 19.1 Å². The molecule has 9 nitrogen and oxygen atoms in total. The largest absolute Gasteiger partial charge is 0.479 e. The maximum absolute atomic E-state index is 13.1. The molecule has 230 valence electrons. The molecule has 0 radical (unpaired) electrons. The first kappa shape index (κ1) is 32.1. The molecule has 2 unspecified atom stereocenters. The minimum Gasteiger partial charge on any atom is -0.479 e. The number of ether oxygens (including phenoxy) is 1. The molecule has 4 rings (SSSR count). The maximum Gasteiger partial charge on any atom is 0.416 e. The van der Waals surface area contributed by atoms with Gasteiger partial charge in [-0.1, -0.05) is 54.1 Å². The summed E-state index contributed by atoms with van der Waals surface area (Å²) in [5.74, 6) is -2.23. The van der Waals surface area contributed by atoms with E-state index in [9.17, 15) is 32.7 Å². The fourth-order valence-electron chi connectivity index (χ4n) is 4.44. The van der Waals surface area contributed by atoms with Crippen LogP contribution in [0.25, 0.3) is 11.3 Å². The zero-order chi connectivity index (χ0) is 32.4. The van der Waals surface area contributed by atoms with Gasteiger partial charge in [-0.15, -0.1) is 0 Å². The number of alkyl halides is 3. The smallest absolute Gasteiger partial charge is 0.416 e. The highest BCUT2D eigenvalue weighted by atomic mass is 35.5. The normalized spacial score (nSPS) is 13.5. The third-order valence-electron chi connectivity index (χ3n) is 7.19. The van der Waals surface area contributed by atoms with Gasteiger partial charge in [0.15, 0.2) is 5.54 Å². The first-order valence-electron chi connectivity index (χ1n) is 13.2. The summed E-state index contributed by atoms with van der Waals surface area (Å²) in [7, 11) is 1.69.